The van der Waals surface area contributed by atoms with Gasteiger partial charge in [0.2, 0.25) is 0 Å². The molecule has 3 rings (SSSR count). The molecule has 2 N–H and O–H groups in total. The van der Waals surface area contributed by atoms with Gasteiger partial charge < -0.3 is 4.74 Å². The predicted molar refractivity (Wildman–Crippen MR) is 108 cm³/mol. The van der Waals surface area contributed by atoms with Crippen molar-refractivity contribution in [3.8, 4) is 5.75 Å². The van der Waals surface area contributed by atoms with Gasteiger partial charge in [-0.2, -0.15) is 0 Å². The monoisotopic (exact) mass is 401 g/mol. The predicted octanol–water partition coefficient (Wildman–Crippen LogP) is 2.88. The van der Waals surface area contributed by atoms with E-state index in [0.29, 0.717) is 10.8 Å². The lowest BCUT2D eigenvalue weighted by molar-refractivity contribution is -0.130. The average molecular weight is 402 g/mol. The van der Waals surface area contributed by atoms with Gasteiger partial charge in [-0.1, -0.05) is 35.9 Å². The van der Waals surface area contributed by atoms with Gasteiger partial charge in [0.15, 0.2) is 6.61 Å². The number of benzene rings is 2. The number of hydrogen-bond donors (Lipinski definition) is 2. The number of carbonyl (C=O) groups is 2. The molecule has 0 saturated carbocycles. The summed E-state index contributed by atoms with van der Waals surface area (Å²) in [5, 5.41) is 0.591. The van der Waals surface area contributed by atoms with Crippen molar-refractivity contribution in [2.45, 2.75) is 25.3 Å². The Kier molecular flexibility index (Phi) is 6.90. The Morgan fingerprint density at radius 3 is 2.61 bits per heavy atom. The molecule has 2 aromatic carbocycles. The second-order valence-corrected chi connectivity index (χ2v) is 7.30. The number of fused-ring (bicyclic) bond motifs is 1. The third kappa shape index (κ3) is 5.47. The molecule has 2 aromatic rings. The number of hydrogen-bond acceptors (Lipinski definition) is 4. The van der Waals surface area contributed by atoms with E-state index in [1.807, 2.05) is 18.0 Å². The van der Waals surface area contributed by atoms with Gasteiger partial charge in [0.25, 0.3) is 11.8 Å². The van der Waals surface area contributed by atoms with Crippen LogP contribution in [-0.4, -0.2) is 36.9 Å². The molecule has 1 aliphatic rings. The minimum atomic E-state index is -0.436. The molecule has 6 nitrogen and oxygen atoms in total. The number of ether oxygens (including phenoxy) is 1. The van der Waals surface area contributed by atoms with E-state index in [2.05, 4.69) is 29.1 Å². The maximum atomic E-state index is 12.2. The summed E-state index contributed by atoms with van der Waals surface area (Å²) in [5.41, 5.74) is 7.44. The van der Waals surface area contributed by atoms with Gasteiger partial charge in [0, 0.05) is 11.1 Å². The average Bonchev–Trinajstić information content (AvgIpc) is 2.71. The summed E-state index contributed by atoms with van der Waals surface area (Å²) >= 11 is 5.80. The van der Waals surface area contributed by atoms with Crippen LogP contribution in [0.4, 0.5) is 0 Å². The standard InChI is InChI=1S/C21H24ClN3O3/c1-25(19-8-4-6-15-5-2-3-7-18(15)19)13-20(26)23-24-21(27)14-28-17-11-9-16(22)10-12-17/h2-3,5,7,9-12,19H,4,6,8,13-14H2,1H3,(H,23,26)(H,24,27)/t19-/m1/s1. The van der Waals surface area contributed by atoms with Crippen molar-refractivity contribution in [3.63, 3.8) is 0 Å². The summed E-state index contributed by atoms with van der Waals surface area (Å²) in [4.78, 5) is 26.1. The van der Waals surface area contributed by atoms with Crippen LogP contribution in [0.5, 0.6) is 5.75 Å². The molecule has 2 amide bonds. The lowest BCUT2D eigenvalue weighted by atomic mass is 9.87. The highest BCUT2D eigenvalue weighted by Crippen LogP contribution is 2.33. The second-order valence-electron chi connectivity index (χ2n) is 6.86. The molecule has 0 bridgehead atoms. The Balaban J connectivity index is 1.43. The first-order valence-corrected chi connectivity index (χ1v) is 9.65. The van der Waals surface area contributed by atoms with Gasteiger partial charge in [0.1, 0.15) is 5.75 Å². The number of halogens is 1. The minimum absolute atomic E-state index is 0.192. The Morgan fingerprint density at radius 2 is 1.82 bits per heavy atom. The third-order valence-electron chi connectivity index (χ3n) is 4.79. The second kappa shape index (κ2) is 9.57. The maximum absolute atomic E-state index is 12.2. The number of nitrogens with one attached hydrogen (secondary N) is 2. The molecule has 0 fully saturated rings. The summed E-state index contributed by atoms with van der Waals surface area (Å²) in [6.45, 7) is -0.00885. The molecule has 1 aliphatic carbocycles. The molecule has 0 aliphatic heterocycles. The van der Waals surface area contributed by atoms with Crippen LogP contribution in [0, 0.1) is 0 Å². The number of carbonyl (C=O) groups excluding carboxylic acids is 2. The van der Waals surface area contributed by atoms with E-state index in [4.69, 9.17) is 16.3 Å². The smallest absolute Gasteiger partial charge is 0.276 e. The number of nitrogens with zero attached hydrogens (tertiary/aromatic N) is 1. The molecule has 0 aromatic heterocycles. The molecule has 0 spiro atoms. The highest BCUT2D eigenvalue weighted by Gasteiger charge is 2.24. The van der Waals surface area contributed by atoms with E-state index in [1.54, 1.807) is 24.3 Å². The van der Waals surface area contributed by atoms with Gasteiger partial charge in [0.05, 0.1) is 6.54 Å². The summed E-state index contributed by atoms with van der Waals surface area (Å²) in [6.07, 6.45) is 3.20. The van der Waals surface area contributed by atoms with Gasteiger partial charge in [-0.3, -0.25) is 25.3 Å². The summed E-state index contributed by atoms with van der Waals surface area (Å²) in [7, 11) is 1.93. The van der Waals surface area contributed by atoms with Crippen LogP contribution >= 0.6 is 11.6 Å². The fourth-order valence-corrected chi connectivity index (χ4v) is 3.54. The van der Waals surface area contributed by atoms with E-state index in [-0.39, 0.29) is 25.1 Å². The van der Waals surface area contributed by atoms with Gasteiger partial charge >= 0.3 is 0 Å². The van der Waals surface area contributed by atoms with Crippen LogP contribution in [0.25, 0.3) is 0 Å². The first-order valence-electron chi connectivity index (χ1n) is 9.27. The van der Waals surface area contributed by atoms with Gasteiger partial charge in [-0.15, -0.1) is 0 Å². The van der Waals surface area contributed by atoms with Crippen molar-refractivity contribution in [3.05, 3.63) is 64.7 Å². The third-order valence-corrected chi connectivity index (χ3v) is 5.04. The normalized spacial score (nSPS) is 15.6. The van der Waals surface area contributed by atoms with E-state index in [1.165, 1.54) is 11.1 Å². The van der Waals surface area contributed by atoms with Crippen LogP contribution in [0.3, 0.4) is 0 Å². The minimum Gasteiger partial charge on any atom is -0.484 e. The Labute approximate surface area is 169 Å². The van der Waals surface area contributed by atoms with E-state index < -0.39 is 5.91 Å². The van der Waals surface area contributed by atoms with Crippen molar-refractivity contribution in [1.29, 1.82) is 0 Å². The summed E-state index contributed by atoms with van der Waals surface area (Å²) in [6, 6.07) is 15.3. The number of aryl methyl sites for hydroxylation is 1. The number of hydrazine groups is 1. The van der Waals surface area contributed by atoms with Crippen LogP contribution in [-0.2, 0) is 16.0 Å². The Hall–Kier alpha value is -2.57. The fraction of sp³-hybridized carbons (Fsp3) is 0.333. The van der Waals surface area contributed by atoms with Crippen LogP contribution in [0.15, 0.2) is 48.5 Å². The lowest BCUT2D eigenvalue weighted by Gasteiger charge is -2.32. The SMILES string of the molecule is CN(CC(=O)NNC(=O)COc1ccc(Cl)cc1)[C@@H]1CCCc2ccccc21. The van der Waals surface area contributed by atoms with Crippen molar-refractivity contribution in [2.75, 3.05) is 20.2 Å². The molecule has 1 atom stereocenters. The highest BCUT2D eigenvalue weighted by molar-refractivity contribution is 6.30. The number of likely N-dealkylation sites (N-methyl/N-ethyl adjacent to an activating group) is 1. The van der Waals surface area contributed by atoms with Crippen molar-refractivity contribution < 1.29 is 14.3 Å². The summed E-state index contributed by atoms with van der Waals surface area (Å²) in [5.74, 6) is -0.180. The molecule has 0 radical (unpaired) electrons. The van der Waals surface area contributed by atoms with Crippen molar-refractivity contribution in [2.24, 2.45) is 0 Å². The number of rotatable bonds is 6. The topological polar surface area (TPSA) is 70.7 Å². The molecular formula is C21H24ClN3O3. The van der Waals surface area contributed by atoms with Crippen molar-refractivity contribution >= 4 is 23.4 Å². The summed E-state index contributed by atoms with van der Waals surface area (Å²) < 4.78 is 5.34. The quantitative estimate of drug-likeness (QED) is 0.730. The molecule has 148 valence electrons. The zero-order valence-corrected chi connectivity index (χ0v) is 16.5. The molecule has 0 heterocycles. The Morgan fingerprint density at radius 1 is 1.11 bits per heavy atom. The molecule has 28 heavy (non-hydrogen) atoms. The maximum Gasteiger partial charge on any atom is 0.276 e. The van der Waals surface area contributed by atoms with Crippen LogP contribution < -0.4 is 15.6 Å². The first-order chi connectivity index (χ1) is 13.5. The highest BCUT2D eigenvalue weighted by atomic mass is 35.5. The van der Waals surface area contributed by atoms with E-state index in [0.717, 1.165) is 19.3 Å². The van der Waals surface area contributed by atoms with E-state index in [9.17, 15) is 9.59 Å². The largest absolute Gasteiger partial charge is 0.484 e. The van der Waals surface area contributed by atoms with E-state index >= 15 is 0 Å². The Bertz CT molecular complexity index is 826. The van der Waals surface area contributed by atoms with Gasteiger partial charge in [-0.25, -0.2) is 0 Å². The zero-order valence-electron chi connectivity index (χ0n) is 15.8. The first kappa shape index (κ1) is 20.2. The van der Waals surface area contributed by atoms with Crippen LogP contribution in [0.1, 0.15) is 30.0 Å². The van der Waals surface area contributed by atoms with Gasteiger partial charge in [-0.05, 0) is 61.7 Å². The molecule has 0 unspecified atom stereocenters. The van der Waals surface area contributed by atoms with Crippen molar-refractivity contribution in [1.82, 2.24) is 15.8 Å². The number of amides is 2. The molecular weight excluding hydrogens is 378 g/mol. The molecule has 7 heteroatoms. The fourth-order valence-electron chi connectivity index (χ4n) is 3.42. The lowest BCUT2D eigenvalue weighted by Crippen LogP contribution is -2.47. The zero-order chi connectivity index (χ0) is 19.9. The van der Waals surface area contributed by atoms with Crippen LogP contribution in [0.2, 0.25) is 5.02 Å². The molecule has 0 saturated heterocycles.